The number of ether oxygens (including phenoxy) is 1. The number of nitrogens with one attached hydrogen (secondary N) is 1. The minimum absolute atomic E-state index is 0.558. The monoisotopic (exact) mass is 207 g/mol. The molecule has 0 saturated carbocycles. The van der Waals surface area contributed by atoms with Crippen LogP contribution in [0.5, 0.6) is 5.75 Å². The molecule has 84 valence electrons. The van der Waals surface area contributed by atoms with Gasteiger partial charge >= 0.3 is 0 Å². The van der Waals surface area contributed by atoms with Crippen LogP contribution in [0.1, 0.15) is 31.7 Å². The third-order valence-corrected chi connectivity index (χ3v) is 2.88. The van der Waals surface area contributed by atoms with Gasteiger partial charge < -0.3 is 10.1 Å². The van der Waals surface area contributed by atoms with Gasteiger partial charge in [-0.3, -0.25) is 0 Å². The van der Waals surface area contributed by atoms with Crippen LogP contribution < -0.4 is 10.1 Å². The van der Waals surface area contributed by atoms with Crippen molar-refractivity contribution in [3.63, 3.8) is 0 Å². The van der Waals surface area contributed by atoms with Crippen LogP contribution in [0.3, 0.4) is 0 Å². The van der Waals surface area contributed by atoms with Gasteiger partial charge in [0, 0.05) is 6.04 Å². The molecule has 0 radical (unpaired) electrons. The van der Waals surface area contributed by atoms with Crippen molar-refractivity contribution in [3.05, 3.63) is 29.8 Å². The zero-order valence-electron chi connectivity index (χ0n) is 10.1. The van der Waals surface area contributed by atoms with Crippen molar-refractivity contribution in [2.45, 2.75) is 32.2 Å². The van der Waals surface area contributed by atoms with Gasteiger partial charge in [-0.1, -0.05) is 19.1 Å². The van der Waals surface area contributed by atoms with Gasteiger partial charge in [-0.25, -0.2) is 0 Å². The molecule has 0 bridgehead atoms. The second-order valence-corrected chi connectivity index (χ2v) is 4.10. The summed E-state index contributed by atoms with van der Waals surface area (Å²) in [6, 6.07) is 8.89. The van der Waals surface area contributed by atoms with Gasteiger partial charge in [0.05, 0.1) is 7.11 Å². The van der Waals surface area contributed by atoms with Gasteiger partial charge in [-0.15, -0.1) is 0 Å². The van der Waals surface area contributed by atoms with Crippen LogP contribution in [0.25, 0.3) is 0 Å². The molecule has 0 spiro atoms. The SMILES string of the molecule is CNC(C)CC(C)c1ccc(OC)cc1. The molecule has 2 unspecified atom stereocenters. The fraction of sp³-hybridized carbons (Fsp3) is 0.538. The highest BCUT2D eigenvalue weighted by Crippen LogP contribution is 2.22. The van der Waals surface area contributed by atoms with E-state index in [-0.39, 0.29) is 0 Å². The van der Waals surface area contributed by atoms with Crippen LogP contribution in [0, 0.1) is 0 Å². The summed E-state index contributed by atoms with van der Waals surface area (Å²) in [6.07, 6.45) is 1.16. The summed E-state index contributed by atoms with van der Waals surface area (Å²) >= 11 is 0. The Bertz CT molecular complexity index is 281. The summed E-state index contributed by atoms with van der Waals surface area (Å²) in [5, 5.41) is 3.26. The molecule has 0 fully saturated rings. The first-order valence-corrected chi connectivity index (χ1v) is 5.48. The molecule has 15 heavy (non-hydrogen) atoms. The molecule has 2 nitrogen and oxygen atoms in total. The third kappa shape index (κ3) is 3.56. The van der Waals surface area contributed by atoms with Crippen LogP contribution in [-0.2, 0) is 0 Å². The van der Waals surface area contributed by atoms with E-state index in [1.807, 2.05) is 19.2 Å². The maximum Gasteiger partial charge on any atom is 0.118 e. The Morgan fingerprint density at radius 2 is 1.80 bits per heavy atom. The molecular weight excluding hydrogens is 186 g/mol. The molecule has 0 amide bonds. The number of benzene rings is 1. The van der Waals surface area contributed by atoms with E-state index in [1.54, 1.807) is 7.11 Å². The van der Waals surface area contributed by atoms with Gasteiger partial charge in [0.1, 0.15) is 5.75 Å². The number of methoxy groups -OCH3 is 1. The zero-order chi connectivity index (χ0) is 11.3. The number of hydrogen-bond acceptors (Lipinski definition) is 2. The van der Waals surface area contributed by atoms with Gasteiger partial charge in [-0.2, -0.15) is 0 Å². The van der Waals surface area contributed by atoms with Crippen LogP contribution >= 0.6 is 0 Å². The Balaban J connectivity index is 2.61. The molecule has 0 aliphatic heterocycles. The van der Waals surface area contributed by atoms with Crippen molar-refractivity contribution in [2.24, 2.45) is 0 Å². The Labute approximate surface area is 92.6 Å². The molecule has 1 aromatic rings. The number of hydrogen-bond donors (Lipinski definition) is 1. The van der Waals surface area contributed by atoms with Crippen LogP contribution in [0.2, 0.25) is 0 Å². The average Bonchev–Trinajstić information content (AvgIpc) is 2.29. The first-order valence-electron chi connectivity index (χ1n) is 5.48. The fourth-order valence-electron chi connectivity index (χ4n) is 1.72. The van der Waals surface area contributed by atoms with Crippen molar-refractivity contribution < 1.29 is 4.74 Å². The van der Waals surface area contributed by atoms with Crippen LogP contribution in [-0.4, -0.2) is 20.2 Å². The van der Waals surface area contributed by atoms with E-state index in [9.17, 15) is 0 Å². The highest BCUT2D eigenvalue weighted by Gasteiger charge is 2.09. The van der Waals surface area contributed by atoms with Crippen molar-refractivity contribution in [3.8, 4) is 5.75 Å². The van der Waals surface area contributed by atoms with Crippen molar-refractivity contribution in [1.82, 2.24) is 5.32 Å². The first kappa shape index (κ1) is 12.1. The first-order chi connectivity index (χ1) is 7.17. The third-order valence-electron chi connectivity index (χ3n) is 2.88. The fourth-order valence-corrected chi connectivity index (χ4v) is 1.72. The summed E-state index contributed by atoms with van der Waals surface area (Å²) in [4.78, 5) is 0. The molecule has 2 heteroatoms. The molecule has 0 heterocycles. The highest BCUT2D eigenvalue weighted by molar-refractivity contribution is 5.29. The van der Waals surface area contributed by atoms with Gasteiger partial charge in [0.25, 0.3) is 0 Å². The van der Waals surface area contributed by atoms with Crippen molar-refractivity contribution >= 4 is 0 Å². The number of rotatable bonds is 5. The molecule has 0 saturated heterocycles. The zero-order valence-corrected chi connectivity index (χ0v) is 10.1. The Hall–Kier alpha value is -1.02. The summed E-state index contributed by atoms with van der Waals surface area (Å²) < 4.78 is 5.14. The van der Waals surface area contributed by atoms with Crippen molar-refractivity contribution in [1.29, 1.82) is 0 Å². The van der Waals surface area contributed by atoms with Crippen molar-refractivity contribution in [2.75, 3.05) is 14.2 Å². The molecule has 1 aromatic carbocycles. The predicted octanol–water partition coefficient (Wildman–Crippen LogP) is 2.80. The minimum Gasteiger partial charge on any atom is -0.497 e. The van der Waals surface area contributed by atoms with Crippen LogP contribution in [0.4, 0.5) is 0 Å². The Morgan fingerprint density at radius 1 is 1.20 bits per heavy atom. The lowest BCUT2D eigenvalue weighted by atomic mass is 9.94. The van der Waals surface area contributed by atoms with Gasteiger partial charge in [0.2, 0.25) is 0 Å². The Morgan fingerprint density at radius 3 is 2.27 bits per heavy atom. The topological polar surface area (TPSA) is 21.3 Å². The normalized spacial score (nSPS) is 14.7. The molecule has 0 aliphatic rings. The maximum absolute atomic E-state index is 5.14. The summed E-state index contributed by atoms with van der Waals surface area (Å²) in [7, 11) is 3.70. The molecule has 2 atom stereocenters. The molecule has 1 N–H and O–H groups in total. The molecule has 1 rings (SSSR count). The predicted molar refractivity (Wildman–Crippen MR) is 64.5 cm³/mol. The van der Waals surface area contributed by atoms with Gasteiger partial charge in [-0.05, 0) is 44.0 Å². The Kier molecular flexibility index (Phi) is 4.63. The summed E-state index contributed by atoms with van der Waals surface area (Å²) in [6.45, 7) is 4.47. The minimum atomic E-state index is 0.558. The van der Waals surface area contributed by atoms with E-state index in [0.29, 0.717) is 12.0 Å². The standard InChI is InChI=1S/C13H21NO/c1-10(9-11(2)14-3)12-5-7-13(15-4)8-6-12/h5-8,10-11,14H,9H2,1-4H3. The van der Waals surface area contributed by atoms with E-state index in [1.165, 1.54) is 5.56 Å². The largest absolute Gasteiger partial charge is 0.497 e. The summed E-state index contributed by atoms with van der Waals surface area (Å²) in [5.74, 6) is 1.51. The van der Waals surface area contributed by atoms with E-state index in [4.69, 9.17) is 4.74 Å². The maximum atomic E-state index is 5.14. The summed E-state index contributed by atoms with van der Waals surface area (Å²) in [5.41, 5.74) is 1.37. The molecule has 0 aromatic heterocycles. The lowest BCUT2D eigenvalue weighted by molar-refractivity contribution is 0.414. The molecular formula is C13H21NO. The quantitative estimate of drug-likeness (QED) is 0.801. The smallest absolute Gasteiger partial charge is 0.118 e. The highest BCUT2D eigenvalue weighted by atomic mass is 16.5. The second-order valence-electron chi connectivity index (χ2n) is 4.10. The van der Waals surface area contributed by atoms with Crippen LogP contribution in [0.15, 0.2) is 24.3 Å². The molecule has 0 aliphatic carbocycles. The van der Waals surface area contributed by atoms with Gasteiger partial charge in [0.15, 0.2) is 0 Å². The van der Waals surface area contributed by atoms with E-state index in [0.717, 1.165) is 12.2 Å². The van der Waals surface area contributed by atoms with E-state index in [2.05, 4.69) is 31.3 Å². The average molecular weight is 207 g/mol. The lowest BCUT2D eigenvalue weighted by Gasteiger charge is -2.17. The van der Waals surface area contributed by atoms with E-state index >= 15 is 0 Å². The second kappa shape index (κ2) is 5.76. The van der Waals surface area contributed by atoms with E-state index < -0.39 is 0 Å². The lowest BCUT2D eigenvalue weighted by Crippen LogP contribution is -2.22.